The highest BCUT2D eigenvalue weighted by Gasteiger charge is 2.66. The summed E-state index contributed by atoms with van der Waals surface area (Å²) in [5.74, 6) is 1.71. The molecule has 20 heteroatoms. The average molecular weight is 1340 g/mol. The van der Waals surface area contributed by atoms with Crippen molar-refractivity contribution in [3.05, 3.63) is 58.1 Å². The number of esters is 5. The first-order valence-corrected chi connectivity index (χ1v) is 34.3. The molecule has 10 atom stereocenters. The monoisotopic (exact) mass is 1330 g/mol. The zero-order chi connectivity index (χ0) is 64.5. The van der Waals surface area contributed by atoms with E-state index in [9.17, 15) is 49.2 Å². The van der Waals surface area contributed by atoms with Crippen LogP contribution in [0.5, 0.6) is 0 Å². The number of aliphatic hydroxyl groups is 4. The molecule has 89 heavy (non-hydrogen) atoms. The van der Waals surface area contributed by atoms with Gasteiger partial charge in [0.15, 0.2) is 0 Å². The number of Topliss-reactive ketones (excluding diaryl/α,β-unsaturated/α-hetero) is 1. The van der Waals surface area contributed by atoms with Gasteiger partial charge in [0.1, 0.15) is 47.7 Å². The molecule has 15 nitrogen and oxygen atoms in total. The minimum Gasteiger partial charge on any atom is -0.461 e. The molecular weight excluding hydrogens is 1250 g/mol. The van der Waals surface area contributed by atoms with Crippen LogP contribution in [0.4, 0.5) is 0 Å². The normalized spacial score (nSPS) is 46.2. The van der Waals surface area contributed by atoms with Crippen LogP contribution in [0.25, 0.3) is 0 Å². The first-order chi connectivity index (χ1) is 41.3. The highest BCUT2D eigenvalue weighted by Crippen LogP contribution is 2.70. The van der Waals surface area contributed by atoms with Crippen LogP contribution in [0.1, 0.15) is 200 Å². The molecule has 20 saturated carbocycles. The Bertz CT molecular complexity index is 2910. The average Bonchev–Trinajstić information content (AvgIpc) is 0.804. The Morgan fingerprint density at radius 1 is 0.371 bits per heavy atom. The van der Waals surface area contributed by atoms with Gasteiger partial charge in [0.05, 0.1) is 35.6 Å². The van der Waals surface area contributed by atoms with Crippen molar-refractivity contribution in [2.24, 2.45) is 74.9 Å². The topological polar surface area (TPSA) is 229 Å². The molecule has 4 N–H and O–H groups in total. The Kier molecular flexibility index (Phi) is 18.0. The second kappa shape index (κ2) is 23.7. The molecule has 0 aromatic rings. The fourth-order valence-corrected chi connectivity index (χ4v) is 24.4. The molecule has 20 rings (SSSR count). The molecule has 20 bridgehead atoms. The fourth-order valence-electron chi connectivity index (χ4n) is 24.2. The number of hydrogen-bond acceptors (Lipinski definition) is 15. The maximum atomic E-state index is 12.0. The fraction of sp³-hybridized carbons (Fsp3) is 0.768. The zero-order valence-corrected chi connectivity index (χ0v) is 55.6. The third-order valence-electron chi connectivity index (χ3n) is 23.8. The molecule has 0 amide bonds. The van der Waals surface area contributed by atoms with E-state index in [-0.39, 0.29) is 53.7 Å². The summed E-state index contributed by atoms with van der Waals surface area (Å²) < 4.78 is 27.2. The number of rotatable bonds is 12. The van der Waals surface area contributed by atoms with Crippen molar-refractivity contribution in [1.29, 1.82) is 0 Å². The number of ether oxygens (including phenoxy) is 5. The predicted octanol–water partition coefficient (Wildman–Crippen LogP) is 13.2. The second-order valence-corrected chi connectivity index (χ2v) is 35.4. The summed E-state index contributed by atoms with van der Waals surface area (Å²) in [6.45, 7) is 22.7. The van der Waals surface area contributed by atoms with E-state index in [1.54, 1.807) is 0 Å². The van der Waals surface area contributed by atoms with Gasteiger partial charge in [-0.3, -0.25) is 4.79 Å². The van der Waals surface area contributed by atoms with Gasteiger partial charge in [-0.2, -0.15) is 0 Å². The molecule has 0 aromatic carbocycles. The van der Waals surface area contributed by atoms with Crippen molar-refractivity contribution in [2.75, 3.05) is 13.2 Å². The van der Waals surface area contributed by atoms with Gasteiger partial charge in [-0.05, 0) is 213 Å². The summed E-state index contributed by atoms with van der Waals surface area (Å²) in [4.78, 5) is 69.7. The lowest BCUT2D eigenvalue weighted by molar-refractivity contribution is -0.259. The molecular formula is C69H91Cl5O15. The number of halogens is 5. The van der Waals surface area contributed by atoms with Crippen LogP contribution in [0, 0.1) is 74.9 Å². The highest BCUT2D eigenvalue weighted by atomic mass is 35.5. The molecule has 20 fully saturated rings. The first-order valence-electron chi connectivity index (χ1n) is 32.5. The Morgan fingerprint density at radius 3 is 1.13 bits per heavy atom. The van der Waals surface area contributed by atoms with E-state index >= 15 is 0 Å². The molecule has 492 valence electrons. The van der Waals surface area contributed by atoms with Crippen LogP contribution < -0.4 is 0 Å². The van der Waals surface area contributed by atoms with Gasteiger partial charge in [0.2, 0.25) is 0 Å². The van der Waals surface area contributed by atoms with Crippen LogP contribution in [0.3, 0.4) is 0 Å². The first kappa shape index (κ1) is 67.4. The number of hydrogen-bond donors (Lipinski definition) is 4. The summed E-state index contributed by atoms with van der Waals surface area (Å²) in [6, 6.07) is 0. The van der Waals surface area contributed by atoms with E-state index in [1.807, 2.05) is 0 Å². The highest BCUT2D eigenvalue weighted by molar-refractivity contribution is 6.42. The van der Waals surface area contributed by atoms with E-state index in [0.29, 0.717) is 117 Å². The van der Waals surface area contributed by atoms with Crippen molar-refractivity contribution in [1.82, 2.24) is 0 Å². The van der Waals surface area contributed by atoms with Crippen molar-refractivity contribution >= 4 is 93.6 Å². The third-order valence-corrected chi connectivity index (χ3v) is 24.6. The van der Waals surface area contributed by atoms with Crippen molar-refractivity contribution in [3.63, 3.8) is 0 Å². The van der Waals surface area contributed by atoms with Gasteiger partial charge in [-0.25, -0.2) is 24.0 Å². The summed E-state index contributed by atoms with van der Waals surface area (Å²) >= 11 is 27.8. The number of ketones is 1. The molecule has 0 spiro atoms. The van der Waals surface area contributed by atoms with E-state index in [2.05, 4.69) is 46.7 Å². The van der Waals surface area contributed by atoms with E-state index in [4.69, 9.17) is 81.7 Å². The summed E-state index contributed by atoms with van der Waals surface area (Å²) in [5, 5.41) is 41.6. The smallest absolute Gasteiger partial charge is 0.349 e. The minimum atomic E-state index is -0.901. The maximum absolute atomic E-state index is 12.0. The number of carbonyl (C=O) groups is 6. The van der Waals surface area contributed by atoms with Gasteiger partial charge >= 0.3 is 29.8 Å². The molecule has 20 aliphatic rings. The van der Waals surface area contributed by atoms with Crippen LogP contribution >= 0.6 is 58.0 Å². The summed E-state index contributed by atoms with van der Waals surface area (Å²) in [7, 11) is 0. The zero-order valence-electron chi connectivity index (χ0n) is 51.8. The Hall–Kier alpha value is -2.99. The molecule has 0 aliphatic heterocycles. The Balaban J connectivity index is 0.000000115. The van der Waals surface area contributed by atoms with Gasteiger partial charge < -0.3 is 44.1 Å². The van der Waals surface area contributed by atoms with Gasteiger partial charge in [-0.1, -0.05) is 105 Å². The molecule has 0 aromatic heterocycles. The number of carbonyl (C=O) groups excluding carboxylic acids is 6. The Labute approximate surface area is 548 Å². The summed E-state index contributed by atoms with van der Waals surface area (Å²) in [6.07, 6.45) is 26.4. The van der Waals surface area contributed by atoms with Crippen molar-refractivity contribution in [2.45, 2.75) is 239 Å². The van der Waals surface area contributed by atoms with E-state index < -0.39 is 69.1 Å². The van der Waals surface area contributed by atoms with Crippen molar-refractivity contribution < 1.29 is 72.9 Å². The van der Waals surface area contributed by atoms with E-state index in [1.165, 1.54) is 51.4 Å². The lowest BCUT2D eigenvalue weighted by Gasteiger charge is -2.65. The van der Waals surface area contributed by atoms with Crippen LogP contribution in [0.15, 0.2) is 58.1 Å². The largest absolute Gasteiger partial charge is 0.461 e. The standard InChI is InChI=1S/C16H23ClO2.C14H19ClO3.C13H17ClO4.C13H17ClO3.C13H15ClO3/c1-11(17)13(18)19-10-16-6-12-4-14(2,8-16)7-15(3,5-12)9-16;1-9(15)12(16)18-8-13-3-10-2-11(4-13)6-14(17,5-10)7-13;1-8(14)10(15)18-13-4-9-2-11(16,6-13)5-12(17,3-9)7-13;1-8(14)11(15)17-13-5-9-2-10(6-13)4-12(16,3-9)7-13;1-7(14)12(16)17-13-4-8-2-9(5-13)11(15)10(3-8)6-13/h12H,1,4-10H2,2-3H3;10-11,17H,1-8H2;9,16-17H,1-7H2;9-10,16H,1-7H2;8-10H,1-6H2. The van der Waals surface area contributed by atoms with Gasteiger partial charge in [0, 0.05) is 48.3 Å². The third kappa shape index (κ3) is 14.5. The molecule has 0 saturated heterocycles. The molecule has 20 aliphatic carbocycles. The SMILES string of the molecule is C=C(Cl)C(=O)OC12CC3CC(C1)C(=O)C(C3)C2.C=C(Cl)C(=O)OC12CC3CC(CC(O)(C3)C1)C2.C=C(Cl)C(=O)OC12CC3CC(O)(CC(O)(C3)C1)C2.C=C(Cl)C(=O)OCC12CC3CC(C)(CC(C)(C3)C1)C2.C=C(Cl)C(=O)OCC12CC3CC(CC(O)(C3)C1)C2. The minimum absolute atomic E-state index is 0.0119. The van der Waals surface area contributed by atoms with Gasteiger partial charge in [0.25, 0.3) is 0 Å². The lowest BCUT2D eigenvalue weighted by Crippen LogP contribution is -2.66. The molecule has 10 unspecified atom stereocenters. The Morgan fingerprint density at radius 2 is 0.719 bits per heavy atom. The van der Waals surface area contributed by atoms with Crippen LogP contribution in [0.2, 0.25) is 0 Å². The van der Waals surface area contributed by atoms with Crippen molar-refractivity contribution in [3.8, 4) is 0 Å². The second-order valence-electron chi connectivity index (χ2n) is 33.1. The predicted molar refractivity (Wildman–Crippen MR) is 335 cm³/mol. The van der Waals surface area contributed by atoms with Gasteiger partial charge in [-0.15, -0.1) is 0 Å². The molecule has 0 heterocycles. The quantitative estimate of drug-likeness (QED) is 0.0809. The molecule has 0 radical (unpaired) electrons. The van der Waals surface area contributed by atoms with E-state index in [0.717, 1.165) is 83.0 Å². The maximum Gasteiger partial charge on any atom is 0.349 e. The summed E-state index contributed by atoms with van der Waals surface area (Å²) in [5.41, 5.74) is -3.50. The lowest BCUT2D eigenvalue weighted by atomic mass is 9.40. The van der Waals surface area contributed by atoms with Crippen LogP contribution in [-0.4, -0.2) is 108 Å². The van der Waals surface area contributed by atoms with Crippen LogP contribution in [-0.2, 0) is 52.5 Å².